The lowest BCUT2D eigenvalue weighted by Crippen LogP contribution is -2.14. The molecule has 1 heterocycles. The van der Waals surface area contributed by atoms with E-state index >= 15 is 0 Å². The van der Waals surface area contributed by atoms with Crippen LogP contribution in [0.1, 0.15) is 5.56 Å². The summed E-state index contributed by atoms with van der Waals surface area (Å²) in [6.07, 6.45) is 1.35. The van der Waals surface area contributed by atoms with Gasteiger partial charge in [-0.05, 0) is 19.1 Å². The second kappa shape index (κ2) is 5.87. The van der Waals surface area contributed by atoms with Crippen molar-refractivity contribution in [1.29, 1.82) is 0 Å². The summed E-state index contributed by atoms with van der Waals surface area (Å²) >= 11 is 1.26. The number of aryl methyl sites for hydroxylation is 1. The number of hydrogen-bond acceptors (Lipinski definition) is 6. The third-order valence-corrected chi connectivity index (χ3v) is 3.61. The van der Waals surface area contributed by atoms with Crippen molar-refractivity contribution in [2.75, 3.05) is 19.0 Å². The summed E-state index contributed by atoms with van der Waals surface area (Å²) in [5.74, 6) is 0.305. The molecule has 0 radical (unpaired) electrons. The quantitative estimate of drug-likeness (QED) is 0.490. The standard InChI is InChI=1S/C13H14N4O2S/c1-9-4-6-10(7-5-9)20-13-11(17(18)19)12(16(2)3)14-8-15-13/h4-8H,1-3H3. The molecule has 0 saturated heterocycles. The van der Waals surface area contributed by atoms with Crippen molar-refractivity contribution < 1.29 is 4.92 Å². The molecule has 0 unspecified atom stereocenters. The summed E-state index contributed by atoms with van der Waals surface area (Å²) < 4.78 is 0. The lowest BCUT2D eigenvalue weighted by Gasteiger charge is -2.12. The van der Waals surface area contributed by atoms with E-state index in [1.807, 2.05) is 31.2 Å². The third-order valence-electron chi connectivity index (χ3n) is 2.61. The zero-order chi connectivity index (χ0) is 14.7. The largest absolute Gasteiger partial charge is 0.357 e. The van der Waals surface area contributed by atoms with Gasteiger partial charge in [0, 0.05) is 19.0 Å². The first-order valence-corrected chi connectivity index (χ1v) is 6.72. The minimum absolute atomic E-state index is 0.0666. The first-order chi connectivity index (χ1) is 9.49. The number of benzene rings is 1. The Kier molecular flexibility index (Phi) is 4.19. The molecular formula is C13H14N4O2S. The molecule has 0 spiro atoms. The minimum Gasteiger partial charge on any atom is -0.357 e. The van der Waals surface area contributed by atoms with Gasteiger partial charge in [0.05, 0.1) is 4.92 Å². The number of aromatic nitrogens is 2. The monoisotopic (exact) mass is 290 g/mol. The average molecular weight is 290 g/mol. The van der Waals surface area contributed by atoms with Crippen molar-refractivity contribution in [3.05, 3.63) is 46.3 Å². The molecule has 7 heteroatoms. The predicted molar refractivity (Wildman–Crippen MR) is 78.3 cm³/mol. The van der Waals surface area contributed by atoms with Crippen molar-refractivity contribution >= 4 is 23.3 Å². The van der Waals surface area contributed by atoms with Crippen LogP contribution < -0.4 is 4.90 Å². The van der Waals surface area contributed by atoms with Gasteiger partial charge in [0.2, 0.25) is 5.82 Å². The minimum atomic E-state index is -0.439. The van der Waals surface area contributed by atoms with Crippen LogP contribution in [0.4, 0.5) is 11.5 Å². The van der Waals surface area contributed by atoms with Crippen LogP contribution in [0, 0.1) is 17.0 Å². The highest BCUT2D eigenvalue weighted by Crippen LogP contribution is 2.37. The second-order valence-electron chi connectivity index (χ2n) is 4.42. The van der Waals surface area contributed by atoms with Gasteiger partial charge >= 0.3 is 5.69 Å². The van der Waals surface area contributed by atoms with Crippen LogP contribution in [0.5, 0.6) is 0 Å². The van der Waals surface area contributed by atoms with Crippen LogP contribution in [-0.2, 0) is 0 Å². The van der Waals surface area contributed by atoms with E-state index in [4.69, 9.17) is 0 Å². The predicted octanol–water partition coefficient (Wildman–Crippen LogP) is 2.91. The zero-order valence-electron chi connectivity index (χ0n) is 11.4. The van der Waals surface area contributed by atoms with Gasteiger partial charge in [-0.25, -0.2) is 9.97 Å². The van der Waals surface area contributed by atoms with E-state index < -0.39 is 4.92 Å². The number of rotatable bonds is 4. The molecule has 2 rings (SSSR count). The summed E-state index contributed by atoms with van der Waals surface area (Å²) in [6, 6.07) is 7.76. The average Bonchev–Trinajstić information content (AvgIpc) is 2.40. The van der Waals surface area contributed by atoms with Gasteiger partial charge < -0.3 is 4.90 Å². The Morgan fingerprint density at radius 3 is 2.40 bits per heavy atom. The van der Waals surface area contributed by atoms with Crippen molar-refractivity contribution in [3.63, 3.8) is 0 Å². The van der Waals surface area contributed by atoms with Crippen LogP contribution in [-0.4, -0.2) is 29.0 Å². The molecule has 1 aromatic carbocycles. The van der Waals surface area contributed by atoms with Gasteiger partial charge in [0.25, 0.3) is 0 Å². The van der Waals surface area contributed by atoms with E-state index in [0.29, 0.717) is 10.8 Å². The molecule has 0 aliphatic rings. The Hall–Kier alpha value is -2.15. The fraction of sp³-hybridized carbons (Fsp3) is 0.231. The van der Waals surface area contributed by atoms with Gasteiger partial charge in [-0.2, -0.15) is 0 Å². The second-order valence-corrected chi connectivity index (χ2v) is 5.48. The van der Waals surface area contributed by atoms with Crippen LogP contribution >= 0.6 is 11.8 Å². The normalized spacial score (nSPS) is 10.3. The van der Waals surface area contributed by atoms with Crippen LogP contribution in [0.25, 0.3) is 0 Å². The SMILES string of the molecule is Cc1ccc(Sc2ncnc(N(C)C)c2[N+](=O)[O-])cc1. The van der Waals surface area contributed by atoms with E-state index in [9.17, 15) is 10.1 Å². The highest BCUT2D eigenvalue weighted by molar-refractivity contribution is 7.99. The Morgan fingerprint density at radius 1 is 1.20 bits per heavy atom. The fourth-order valence-electron chi connectivity index (χ4n) is 1.63. The molecule has 0 amide bonds. The van der Waals surface area contributed by atoms with E-state index in [2.05, 4.69) is 9.97 Å². The molecule has 2 aromatic rings. The molecule has 6 nitrogen and oxygen atoms in total. The summed E-state index contributed by atoms with van der Waals surface area (Å²) in [4.78, 5) is 21.4. The fourth-order valence-corrected chi connectivity index (χ4v) is 2.49. The number of nitro groups is 1. The highest BCUT2D eigenvalue weighted by atomic mass is 32.2. The Labute approximate surface area is 121 Å². The van der Waals surface area contributed by atoms with E-state index in [-0.39, 0.29) is 5.69 Å². The molecule has 1 aromatic heterocycles. The van der Waals surface area contributed by atoms with Gasteiger partial charge in [-0.3, -0.25) is 10.1 Å². The molecule has 0 bridgehead atoms. The Balaban J connectivity index is 2.43. The molecule has 0 N–H and O–H groups in total. The van der Waals surface area contributed by atoms with Crippen molar-refractivity contribution in [3.8, 4) is 0 Å². The Morgan fingerprint density at radius 2 is 1.85 bits per heavy atom. The van der Waals surface area contributed by atoms with Gasteiger partial charge in [-0.15, -0.1) is 0 Å². The first kappa shape index (κ1) is 14.3. The smallest absolute Gasteiger partial charge is 0.343 e. The van der Waals surface area contributed by atoms with Crippen LogP contribution in [0.2, 0.25) is 0 Å². The molecule has 0 saturated carbocycles. The molecular weight excluding hydrogens is 276 g/mol. The molecule has 0 aliphatic carbocycles. The van der Waals surface area contributed by atoms with Crippen molar-refractivity contribution in [2.45, 2.75) is 16.8 Å². The topological polar surface area (TPSA) is 72.2 Å². The van der Waals surface area contributed by atoms with Crippen LogP contribution in [0.3, 0.4) is 0 Å². The maximum absolute atomic E-state index is 11.3. The number of hydrogen-bond donors (Lipinski definition) is 0. The van der Waals surface area contributed by atoms with E-state index in [1.54, 1.807) is 19.0 Å². The van der Waals surface area contributed by atoms with Crippen molar-refractivity contribution in [2.24, 2.45) is 0 Å². The van der Waals surface area contributed by atoms with Gasteiger partial charge in [-0.1, -0.05) is 29.5 Å². The summed E-state index contributed by atoms with van der Waals surface area (Å²) in [5, 5.41) is 11.6. The summed E-state index contributed by atoms with van der Waals surface area (Å²) in [5.41, 5.74) is 1.07. The summed E-state index contributed by atoms with van der Waals surface area (Å²) in [6.45, 7) is 1.99. The van der Waals surface area contributed by atoms with E-state index in [1.165, 1.54) is 18.1 Å². The first-order valence-electron chi connectivity index (χ1n) is 5.90. The maximum Gasteiger partial charge on any atom is 0.343 e. The molecule has 0 atom stereocenters. The number of anilines is 1. The summed E-state index contributed by atoms with van der Waals surface area (Å²) in [7, 11) is 3.44. The third kappa shape index (κ3) is 3.05. The van der Waals surface area contributed by atoms with Gasteiger partial charge in [0.15, 0.2) is 5.03 Å². The molecule has 0 aliphatic heterocycles. The van der Waals surface area contributed by atoms with Crippen LogP contribution in [0.15, 0.2) is 40.5 Å². The van der Waals surface area contributed by atoms with Crippen molar-refractivity contribution in [1.82, 2.24) is 9.97 Å². The Bertz CT molecular complexity index is 629. The lowest BCUT2D eigenvalue weighted by atomic mass is 10.2. The number of nitrogens with zero attached hydrogens (tertiary/aromatic N) is 4. The highest BCUT2D eigenvalue weighted by Gasteiger charge is 2.24. The zero-order valence-corrected chi connectivity index (χ0v) is 12.2. The lowest BCUT2D eigenvalue weighted by molar-refractivity contribution is -0.387. The van der Waals surface area contributed by atoms with Gasteiger partial charge in [0.1, 0.15) is 6.33 Å². The maximum atomic E-state index is 11.3. The molecule has 104 valence electrons. The van der Waals surface area contributed by atoms with E-state index in [0.717, 1.165) is 10.5 Å². The molecule has 0 fully saturated rings. The molecule has 20 heavy (non-hydrogen) atoms.